The molecule has 0 bridgehead atoms. The van der Waals surface area contributed by atoms with Crippen molar-refractivity contribution in [2.45, 2.75) is 71.3 Å². The predicted molar refractivity (Wildman–Crippen MR) is 145 cm³/mol. The van der Waals surface area contributed by atoms with Crippen LogP contribution in [0.15, 0.2) is 35.9 Å². The van der Waals surface area contributed by atoms with Crippen LogP contribution in [0.3, 0.4) is 0 Å². The van der Waals surface area contributed by atoms with Crippen LogP contribution in [-0.4, -0.2) is 43.9 Å². The molecule has 0 saturated carbocycles. The second-order valence-corrected chi connectivity index (χ2v) is 15.9. The van der Waals surface area contributed by atoms with Crippen molar-refractivity contribution < 1.29 is 19.1 Å². The minimum absolute atomic E-state index is 0.0493. The standard InChI is InChI=1S/C26H37ClN4O4Si/c1-16-20(9-8-19(14-28)21(16)27)30-22(17(2)32)23(33)26(24(34)31-29)12-10-18(11-13-26)15-35-36(6,7)25(3,4)5/h8-12,17,22,30,32H,13,15,29H2,1-7H3,(H,31,34)/t17-,22+,26?/m0/s1. The largest absolute Gasteiger partial charge is 0.413 e. The van der Waals surface area contributed by atoms with Crippen LogP contribution < -0.4 is 16.6 Å². The van der Waals surface area contributed by atoms with Crippen molar-refractivity contribution in [3.8, 4) is 6.07 Å². The summed E-state index contributed by atoms with van der Waals surface area (Å²) in [5.74, 6) is 4.25. The summed E-state index contributed by atoms with van der Waals surface area (Å²) in [5, 5.41) is 23.0. The number of hydrogen-bond donors (Lipinski definition) is 4. The highest BCUT2D eigenvalue weighted by atomic mass is 35.5. The number of hydrazine groups is 1. The van der Waals surface area contributed by atoms with Gasteiger partial charge in [-0.05, 0) is 61.7 Å². The fourth-order valence-electron chi connectivity index (χ4n) is 3.63. The molecule has 0 fully saturated rings. The van der Waals surface area contributed by atoms with Gasteiger partial charge in [-0.3, -0.25) is 15.0 Å². The zero-order chi connectivity index (χ0) is 27.5. The Labute approximate surface area is 219 Å². The monoisotopic (exact) mass is 532 g/mol. The number of Topliss-reactive ketones (excluding diaryl/α,β-unsaturated/α-hetero) is 1. The summed E-state index contributed by atoms with van der Waals surface area (Å²) < 4.78 is 6.28. The number of rotatable bonds is 9. The summed E-state index contributed by atoms with van der Waals surface area (Å²) >= 11 is 6.28. The van der Waals surface area contributed by atoms with Gasteiger partial charge in [0.1, 0.15) is 17.5 Å². The first-order valence-electron chi connectivity index (χ1n) is 11.8. The van der Waals surface area contributed by atoms with Crippen molar-refractivity contribution in [2.24, 2.45) is 11.3 Å². The molecule has 0 saturated heterocycles. The van der Waals surface area contributed by atoms with E-state index < -0.39 is 37.6 Å². The van der Waals surface area contributed by atoms with Crippen molar-refractivity contribution in [3.63, 3.8) is 0 Å². The number of nitrogens with one attached hydrogen (secondary N) is 2. The molecule has 1 amide bonds. The van der Waals surface area contributed by atoms with E-state index in [1.807, 2.05) is 12.1 Å². The summed E-state index contributed by atoms with van der Waals surface area (Å²) in [6.07, 6.45) is 3.99. The maximum Gasteiger partial charge on any atom is 0.251 e. The van der Waals surface area contributed by atoms with Gasteiger partial charge in [-0.1, -0.05) is 50.6 Å². The normalized spacial score (nSPS) is 19.6. The number of anilines is 1. The number of ketones is 1. The van der Waals surface area contributed by atoms with E-state index in [-0.39, 0.29) is 16.5 Å². The van der Waals surface area contributed by atoms with E-state index in [0.29, 0.717) is 23.4 Å². The van der Waals surface area contributed by atoms with E-state index in [2.05, 4.69) is 44.6 Å². The third kappa shape index (κ3) is 6.07. The van der Waals surface area contributed by atoms with E-state index in [4.69, 9.17) is 21.9 Å². The zero-order valence-electron chi connectivity index (χ0n) is 22.0. The second-order valence-electron chi connectivity index (χ2n) is 10.7. The molecule has 1 aromatic rings. The third-order valence-electron chi connectivity index (χ3n) is 7.23. The molecule has 5 N–H and O–H groups in total. The Bertz CT molecular complexity index is 1120. The van der Waals surface area contributed by atoms with Gasteiger partial charge in [0, 0.05) is 5.69 Å². The number of nitrogens with two attached hydrogens (primary N) is 1. The molecule has 8 nitrogen and oxygen atoms in total. The molecule has 36 heavy (non-hydrogen) atoms. The van der Waals surface area contributed by atoms with Crippen LogP contribution in [0, 0.1) is 23.7 Å². The number of carbonyl (C=O) groups excluding carboxylic acids is 2. The van der Waals surface area contributed by atoms with Crippen LogP contribution in [0.2, 0.25) is 23.2 Å². The highest BCUT2D eigenvalue weighted by Gasteiger charge is 2.48. The average Bonchev–Trinajstić information content (AvgIpc) is 2.82. The molecule has 0 heterocycles. The van der Waals surface area contributed by atoms with Crippen LogP contribution in [0.4, 0.5) is 5.69 Å². The van der Waals surface area contributed by atoms with Gasteiger partial charge in [0.2, 0.25) is 0 Å². The number of nitrogens with zero attached hydrogens (tertiary/aromatic N) is 1. The first-order valence-corrected chi connectivity index (χ1v) is 15.1. The topological polar surface area (TPSA) is 137 Å². The fraction of sp³-hybridized carbons (Fsp3) is 0.500. The Balaban J connectivity index is 2.34. The molecule has 1 unspecified atom stereocenters. The van der Waals surface area contributed by atoms with Gasteiger partial charge in [0.25, 0.3) is 5.91 Å². The number of allylic oxidation sites excluding steroid dienone is 1. The molecule has 2 rings (SSSR count). The number of halogens is 1. The lowest BCUT2D eigenvalue weighted by atomic mass is 9.72. The lowest BCUT2D eigenvalue weighted by Gasteiger charge is -2.37. The zero-order valence-corrected chi connectivity index (χ0v) is 23.8. The number of aliphatic hydroxyl groups is 1. The summed E-state index contributed by atoms with van der Waals surface area (Å²) in [6.45, 7) is 14.3. The Kier molecular flexibility index (Phi) is 9.32. The molecular weight excluding hydrogens is 496 g/mol. The van der Waals surface area contributed by atoms with E-state index in [1.54, 1.807) is 19.1 Å². The molecule has 3 atom stereocenters. The second kappa shape index (κ2) is 11.3. The lowest BCUT2D eigenvalue weighted by Crippen LogP contribution is -2.55. The quantitative estimate of drug-likeness (QED) is 0.123. The SMILES string of the molecule is Cc1c(N[C@@H](C(=O)C2(C(=O)NN)C=CC(CO[Si](C)(C)C(C)(C)C)=CC2)[C@H](C)O)ccc(C#N)c1Cl. The van der Waals surface area contributed by atoms with Crippen LogP contribution in [0.1, 0.15) is 45.2 Å². The maximum atomic E-state index is 13.8. The molecular formula is C26H37ClN4O4Si. The molecule has 1 aliphatic carbocycles. The van der Waals surface area contributed by atoms with Crippen LogP contribution in [0.25, 0.3) is 0 Å². The van der Waals surface area contributed by atoms with Gasteiger partial charge >= 0.3 is 0 Å². The molecule has 0 radical (unpaired) electrons. The van der Waals surface area contributed by atoms with E-state index in [9.17, 15) is 20.0 Å². The van der Waals surface area contributed by atoms with Gasteiger partial charge in [-0.25, -0.2) is 5.84 Å². The van der Waals surface area contributed by atoms with Crippen molar-refractivity contribution in [2.75, 3.05) is 11.9 Å². The van der Waals surface area contributed by atoms with Crippen molar-refractivity contribution in [1.29, 1.82) is 5.26 Å². The lowest BCUT2D eigenvalue weighted by molar-refractivity contribution is -0.140. The highest BCUT2D eigenvalue weighted by molar-refractivity contribution is 6.74. The van der Waals surface area contributed by atoms with Crippen molar-refractivity contribution >= 4 is 37.3 Å². The van der Waals surface area contributed by atoms with E-state index >= 15 is 0 Å². The van der Waals surface area contributed by atoms with Crippen molar-refractivity contribution in [3.05, 3.63) is 52.1 Å². The van der Waals surface area contributed by atoms with Crippen molar-refractivity contribution in [1.82, 2.24) is 5.43 Å². The Morgan fingerprint density at radius 1 is 1.36 bits per heavy atom. The number of benzene rings is 1. The molecule has 196 valence electrons. The minimum atomic E-state index is -1.98. The molecule has 0 spiro atoms. The Hall–Kier alpha value is -2.48. The van der Waals surface area contributed by atoms with Gasteiger partial charge in [0.05, 0.1) is 23.3 Å². The van der Waals surface area contributed by atoms with Crippen LogP contribution in [0.5, 0.6) is 0 Å². The maximum absolute atomic E-state index is 13.8. The smallest absolute Gasteiger partial charge is 0.251 e. The Morgan fingerprint density at radius 3 is 2.47 bits per heavy atom. The summed E-state index contributed by atoms with van der Waals surface area (Å²) in [6, 6.07) is 4.01. The van der Waals surface area contributed by atoms with Gasteiger partial charge in [-0.2, -0.15) is 5.26 Å². The first-order chi connectivity index (χ1) is 16.6. The molecule has 1 aliphatic rings. The average molecular weight is 533 g/mol. The van der Waals surface area contributed by atoms with Gasteiger partial charge in [-0.15, -0.1) is 0 Å². The minimum Gasteiger partial charge on any atom is -0.413 e. The highest BCUT2D eigenvalue weighted by Crippen LogP contribution is 2.38. The van der Waals surface area contributed by atoms with Crippen LogP contribution in [-0.2, 0) is 14.0 Å². The molecule has 1 aromatic carbocycles. The molecule has 0 aliphatic heterocycles. The molecule has 10 heteroatoms. The van der Waals surface area contributed by atoms with Gasteiger partial charge in [0.15, 0.2) is 14.1 Å². The predicted octanol–water partition coefficient (Wildman–Crippen LogP) is 4.13. The number of hydrogen-bond acceptors (Lipinski definition) is 7. The first kappa shape index (κ1) is 29.7. The molecule has 0 aromatic heterocycles. The van der Waals surface area contributed by atoms with Gasteiger partial charge < -0.3 is 14.8 Å². The number of amides is 1. The third-order valence-corrected chi connectivity index (χ3v) is 12.2. The summed E-state index contributed by atoms with van der Waals surface area (Å²) in [7, 11) is -1.98. The summed E-state index contributed by atoms with van der Waals surface area (Å²) in [4.78, 5) is 26.8. The van der Waals surface area contributed by atoms with E-state index in [0.717, 1.165) is 5.57 Å². The van der Waals surface area contributed by atoms with Crippen LogP contribution >= 0.6 is 11.6 Å². The fourth-order valence-corrected chi connectivity index (χ4v) is 4.80. The number of carbonyl (C=O) groups is 2. The van der Waals surface area contributed by atoms with E-state index in [1.165, 1.54) is 19.1 Å². The Morgan fingerprint density at radius 2 is 2.00 bits per heavy atom. The number of aliphatic hydroxyl groups excluding tert-OH is 1. The number of nitriles is 1. The summed E-state index contributed by atoms with van der Waals surface area (Å²) in [5.41, 5.74) is 2.68.